The Morgan fingerprint density at radius 2 is 1.32 bits per heavy atom. The number of benzene rings is 1. The van der Waals surface area contributed by atoms with Gasteiger partial charge in [0.1, 0.15) is 11.6 Å². The molecule has 0 bridgehead atoms. The van der Waals surface area contributed by atoms with Gasteiger partial charge in [-0.25, -0.2) is 8.78 Å². The van der Waals surface area contributed by atoms with Gasteiger partial charge in [-0.3, -0.25) is 0 Å². The van der Waals surface area contributed by atoms with Crippen LogP contribution in [-0.4, -0.2) is 10.2 Å². The van der Waals surface area contributed by atoms with E-state index in [-0.39, 0.29) is 5.82 Å². The number of aryl methyl sites for hydroxylation is 1. The van der Waals surface area contributed by atoms with Gasteiger partial charge in [0.15, 0.2) is 0 Å². The lowest BCUT2D eigenvalue weighted by molar-refractivity contribution is 0.592. The average Bonchev–Trinajstić information content (AvgIpc) is 2.50. The highest BCUT2D eigenvalue weighted by molar-refractivity contribution is 5.16. The molecule has 2 rings (SSSR count). The summed E-state index contributed by atoms with van der Waals surface area (Å²) >= 11 is 0. The number of nitrogens with zero attached hydrogens (tertiary/aromatic N) is 2. The molecule has 0 aliphatic carbocycles. The molecule has 0 saturated heterocycles. The molecule has 106 valence electrons. The van der Waals surface area contributed by atoms with Gasteiger partial charge in [0, 0.05) is 12.4 Å². The Balaban J connectivity index is 0. The molecule has 0 amide bonds. The maximum absolute atomic E-state index is 12.3. The predicted octanol–water partition coefficient (Wildman–Crippen LogP) is 4.80. The van der Waals surface area contributed by atoms with Gasteiger partial charge in [-0.1, -0.05) is 27.7 Å². The monoisotopic (exact) mass is 268 g/mol. The second-order valence-electron chi connectivity index (χ2n) is 2.81. The number of aromatic nitrogens is 2. The van der Waals surface area contributed by atoms with Crippen molar-refractivity contribution < 1.29 is 8.78 Å². The lowest BCUT2D eigenvalue weighted by Gasteiger charge is -1.92. The van der Waals surface area contributed by atoms with Crippen molar-refractivity contribution in [3.63, 3.8) is 0 Å². The molecule has 4 heteroatoms. The first-order valence-corrected chi connectivity index (χ1v) is 6.33. The number of hydrogen-bond donors (Lipinski definition) is 0. The van der Waals surface area contributed by atoms with Crippen LogP contribution in [0.25, 0.3) is 0 Å². The average molecular weight is 268 g/mol. The summed E-state index contributed by atoms with van der Waals surface area (Å²) in [7, 11) is 0. The second kappa shape index (κ2) is 14.2. The van der Waals surface area contributed by atoms with Gasteiger partial charge in [0.25, 0.3) is 0 Å². The zero-order valence-electron chi connectivity index (χ0n) is 12.2. The molecule has 0 atom stereocenters. The lowest BCUT2D eigenvalue weighted by Crippen LogP contribution is -1.81. The van der Waals surface area contributed by atoms with Crippen LogP contribution in [0.4, 0.5) is 8.78 Å². The quantitative estimate of drug-likeness (QED) is 0.685. The van der Waals surface area contributed by atoms with Crippen molar-refractivity contribution in [2.45, 2.75) is 34.6 Å². The predicted molar refractivity (Wildman–Crippen MR) is 75.8 cm³/mol. The number of rotatable bonds is 0. The van der Waals surface area contributed by atoms with Crippen LogP contribution in [0.15, 0.2) is 42.7 Å². The molecule has 0 N–H and O–H groups in total. The molecule has 1 aromatic carbocycles. The molecule has 0 aliphatic heterocycles. The van der Waals surface area contributed by atoms with Crippen molar-refractivity contribution in [2.24, 2.45) is 0 Å². The molecule has 0 radical (unpaired) electrons. The lowest BCUT2D eigenvalue weighted by atomic mass is 10.2. The van der Waals surface area contributed by atoms with E-state index in [1.807, 2.05) is 39.8 Å². The molecule has 0 fully saturated rings. The molecule has 1 heterocycles. The summed E-state index contributed by atoms with van der Waals surface area (Å²) in [6.45, 7) is 9.53. The van der Waals surface area contributed by atoms with Gasteiger partial charge in [0.05, 0.1) is 0 Å². The van der Waals surface area contributed by atoms with Crippen molar-refractivity contribution in [1.29, 1.82) is 0 Å². The minimum absolute atomic E-state index is 0.343. The van der Waals surface area contributed by atoms with E-state index in [0.717, 1.165) is 18.2 Å². The molecule has 0 spiro atoms. The van der Waals surface area contributed by atoms with Crippen LogP contribution in [0, 0.1) is 18.6 Å². The summed E-state index contributed by atoms with van der Waals surface area (Å²) in [5, 5.41) is 7.07. The zero-order chi connectivity index (χ0) is 15.1. The molecule has 19 heavy (non-hydrogen) atoms. The minimum atomic E-state index is -0.395. The summed E-state index contributed by atoms with van der Waals surface area (Å²) in [5.41, 5.74) is 0.343. The van der Waals surface area contributed by atoms with Crippen molar-refractivity contribution in [1.82, 2.24) is 10.2 Å². The van der Waals surface area contributed by atoms with Crippen LogP contribution < -0.4 is 0 Å². The van der Waals surface area contributed by atoms with E-state index in [9.17, 15) is 8.78 Å². The largest absolute Gasteiger partial charge is 0.207 e. The third kappa shape index (κ3) is 11.0. The maximum atomic E-state index is 12.3. The highest BCUT2D eigenvalue weighted by atomic mass is 19.1. The molecule has 2 nitrogen and oxygen atoms in total. The fourth-order valence-corrected chi connectivity index (χ4v) is 0.861. The SMILES string of the molecule is CC.CC.Cc1cc(F)ccc1F.c1ccnnc1. The van der Waals surface area contributed by atoms with Crippen LogP contribution in [0.1, 0.15) is 33.3 Å². The van der Waals surface area contributed by atoms with E-state index in [0.29, 0.717) is 5.56 Å². The molecule has 0 aliphatic rings. The van der Waals surface area contributed by atoms with Crippen LogP contribution in [-0.2, 0) is 0 Å². The Hall–Kier alpha value is -1.84. The molecule has 1 aromatic heterocycles. The summed E-state index contributed by atoms with van der Waals surface area (Å²) in [4.78, 5) is 0. The highest BCUT2D eigenvalue weighted by Gasteiger charge is 1.95. The van der Waals surface area contributed by atoms with Crippen LogP contribution in [0.5, 0.6) is 0 Å². The summed E-state index contributed by atoms with van der Waals surface area (Å²) in [5.74, 6) is -0.759. The van der Waals surface area contributed by atoms with E-state index >= 15 is 0 Å². The van der Waals surface area contributed by atoms with Gasteiger partial charge < -0.3 is 0 Å². The van der Waals surface area contributed by atoms with Crippen molar-refractivity contribution in [2.75, 3.05) is 0 Å². The van der Waals surface area contributed by atoms with E-state index in [2.05, 4.69) is 10.2 Å². The maximum Gasteiger partial charge on any atom is 0.126 e. The third-order valence-electron chi connectivity index (χ3n) is 1.60. The zero-order valence-corrected chi connectivity index (χ0v) is 12.2. The van der Waals surface area contributed by atoms with E-state index < -0.39 is 5.82 Å². The normalized spacial score (nSPS) is 7.74. The fourth-order valence-electron chi connectivity index (χ4n) is 0.861. The van der Waals surface area contributed by atoms with Crippen LogP contribution >= 0.6 is 0 Å². The van der Waals surface area contributed by atoms with E-state index in [1.54, 1.807) is 12.4 Å². The Labute approximate surface area is 114 Å². The smallest absolute Gasteiger partial charge is 0.126 e. The standard InChI is InChI=1S/C7H6F2.C4H4N2.2C2H6/c1-5-4-6(8)2-3-7(5)9;1-2-4-6-5-3-1;2*1-2/h2-4H,1H3;1-4H;2*1-2H3. The first kappa shape index (κ1) is 19.5. The Morgan fingerprint density at radius 3 is 1.58 bits per heavy atom. The first-order valence-electron chi connectivity index (χ1n) is 6.33. The van der Waals surface area contributed by atoms with Crippen molar-refractivity contribution >= 4 is 0 Å². The van der Waals surface area contributed by atoms with Gasteiger partial charge in [-0.05, 0) is 42.8 Å². The Kier molecular flexibility index (Phi) is 14.6. The fraction of sp³-hybridized carbons (Fsp3) is 0.333. The summed E-state index contributed by atoms with van der Waals surface area (Å²) in [6, 6.07) is 7.03. The van der Waals surface area contributed by atoms with Gasteiger partial charge >= 0.3 is 0 Å². The molecular weight excluding hydrogens is 246 g/mol. The number of halogens is 2. The van der Waals surface area contributed by atoms with E-state index in [4.69, 9.17) is 0 Å². The minimum Gasteiger partial charge on any atom is -0.207 e. The second-order valence-corrected chi connectivity index (χ2v) is 2.81. The summed E-state index contributed by atoms with van der Waals surface area (Å²) < 4.78 is 24.5. The highest BCUT2D eigenvalue weighted by Crippen LogP contribution is 2.06. The number of hydrogen-bond acceptors (Lipinski definition) is 2. The molecule has 0 unspecified atom stereocenters. The Bertz CT molecular complexity index is 379. The van der Waals surface area contributed by atoms with Gasteiger partial charge in [0.2, 0.25) is 0 Å². The van der Waals surface area contributed by atoms with Gasteiger partial charge in [-0.2, -0.15) is 10.2 Å². The third-order valence-corrected chi connectivity index (χ3v) is 1.60. The molecule has 2 aromatic rings. The molecular formula is C15H22F2N2. The van der Waals surface area contributed by atoms with E-state index in [1.165, 1.54) is 6.92 Å². The summed E-state index contributed by atoms with van der Waals surface area (Å²) in [6.07, 6.45) is 3.28. The first-order chi connectivity index (χ1) is 9.20. The van der Waals surface area contributed by atoms with Crippen LogP contribution in [0.3, 0.4) is 0 Å². The van der Waals surface area contributed by atoms with Crippen molar-refractivity contribution in [3.8, 4) is 0 Å². The molecule has 0 saturated carbocycles. The van der Waals surface area contributed by atoms with Crippen molar-refractivity contribution in [3.05, 3.63) is 59.9 Å². The Morgan fingerprint density at radius 1 is 0.842 bits per heavy atom. The van der Waals surface area contributed by atoms with Gasteiger partial charge in [-0.15, -0.1) is 0 Å². The van der Waals surface area contributed by atoms with Crippen LogP contribution in [0.2, 0.25) is 0 Å². The topological polar surface area (TPSA) is 25.8 Å².